The smallest absolute Gasteiger partial charge is 0.251 e. The molecule has 1 atom stereocenters. The molecule has 0 heterocycles. The van der Waals surface area contributed by atoms with E-state index in [1.165, 1.54) is 5.56 Å². The second-order valence-corrected chi connectivity index (χ2v) is 6.60. The van der Waals surface area contributed by atoms with Gasteiger partial charge in [0.15, 0.2) is 0 Å². The molecule has 4 nitrogen and oxygen atoms in total. The zero-order valence-electron chi connectivity index (χ0n) is 15.3. The highest BCUT2D eigenvalue weighted by atomic mass is 16.2. The normalized spacial score (nSPS) is 11.9. The molecular formula is C21H26N2O2. The first-order chi connectivity index (χ1) is 11.9. The molecule has 0 fully saturated rings. The minimum absolute atomic E-state index is 0.0244. The highest BCUT2D eigenvalue weighted by Gasteiger charge is 2.24. The minimum Gasteiger partial charge on any atom is -0.340 e. The summed E-state index contributed by atoms with van der Waals surface area (Å²) in [5, 5.41) is 5.74. The van der Waals surface area contributed by atoms with Crippen molar-refractivity contribution >= 4 is 17.5 Å². The predicted octanol–water partition coefficient (Wildman–Crippen LogP) is 3.95. The van der Waals surface area contributed by atoms with Gasteiger partial charge in [-0.3, -0.25) is 9.59 Å². The standard InChI is InChI=1S/C21H26N2O2/c1-5-16-9-11-18(12-10-16)22-21(25)19(14(2)3)23-20(24)17-8-6-7-15(4)13-17/h6-14,19H,5H2,1-4H3,(H,22,25)(H,23,24). The number of carbonyl (C=O) groups is 2. The topological polar surface area (TPSA) is 58.2 Å². The van der Waals surface area contributed by atoms with Gasteiger partial charge < -0.3 is 10.6 Å². The highest BCUT2D eigenvalue weighted by Crippen LogP contribution is 2.13. The van der Waals surface area contributed by atoms with E-state index >= 15 is 0 Å². The Bertz CT molecular complexity index is 736. The highest BCUT2D eigenvalue weighted by molar-refractivity contribution is 6.01. The Hall–Kier alpha value is -2.62. The minimum atomic E-state index is -0.598. The molecule has 0 aliphatic heterocycles. The number of carbonyl (C=O) groups excluding carboxylic acids is 2. The number of anilines is 1. The summed E-state index contributed by atoms with van der Waals surface area (Å²) in [6, 6.07) is 14.5. The molecule has 132 valence electrons. The summed E-state index contributed by atoms with van der Waals surface area (Å²) < 4.78 is 0. The Balaban J connectivity index is 2.08. The summed E-state index contributed by atoms with van der Waals surface area (Å²) in [4.78, 5) is 25.1. The van der Waals surface area contributed by atoms with Crippen molar-refractivity contribution in [2.24, 2.45) is 5.92 Å². The van der Waals surface area contributed by atoms with Gasteiger partial charge in [-0.1, -0.05) is 50.6 Å². The van der Waals surface area contributed by atoms with Gasteiger partial charge in [-0.2, -0.15) is 0 Å². The lowest BCUT2D eigenvalue weighted by Crippen LogP contribution is -2.47. The zero-order valence-corrected chi connectivity index (χ0v) is 15.3. The first-order valence-electron chi connectivity index (χ1n) is 8.68. The van der Waals surface area contributed by atoms with E-state index in [0.717, 1.165) is 17.7 Å². The molecule has 2 N–H and O–H groups in total. The van der Waals surface area contributed by atoms with Crippen LogP contribution in [0.4, 0.5) is 5.69 Å². The molecule has 0 radical (unpaired) electrons. The van der Waals surface area contributed by atoms with E-state index in [1.54, 1.807) is 6.07 Å². The van der Waals surface area contributed by atoms with E-state index in [0.29, 0.717) is 5.56 Å². The Morgan fingerprint density at radius 2 is 1.72 bits per heavy atom. The van der Waals surface area contributed by atoms with Gasteiger partial charge in [0.2, 0.25) is 5.91 Å². The maximum Gasteiger partial charge on any atom is 0.251 e. The van der Waals surface area contributed by atoms with Crippen molar-refractivity contribution in [3.63, 3.8) is 0 Å². The second-order valence-electron chi connectivity index (χ2n) is 6.60. The summed E-state index contributed by atoms with van der Waals surface area (Å²) in [6.07, 6.45) is 0.954. The van der Waals surface area contributed by atoms with Crippen LogP contribution in [0.25, 0.3) is 0 Å². The van der Waals surface area contributed by atoms with Crippen LogP contribution in [-0.4, -0.2) is 17.9 Å². The van der Waals surface area contributed by atoms with Crippen molar-refractivity contribution in [2.75, 3.05) is 5.32 Å². The second kappa shape index (κ2) is 8.47. The number of amides is 2. The third-order valence-corrected chi connectivity index (χ3v) is 4.15. The quantitative estimate of drug-likeness (QED) is 0.838. The molecule has 4 heteroatoms. The summed E-state index contributed by atoms with van der Waals surface area (Å²) >= 11 is 0. The van der Waals surface area contributed by atoms with Crippen LogP contribution in [0.15, 0.2) is 48.5 Å². The molecule has 0 aliphatic carbocycles. The zero-order chi connectivity index (χ0) is 18.4. The fourth-order valence-electron chi connectivity index (χ4n) is 2.59. The van der Waals surface area contributed by atoms with Crippen LogP contribution in [0.5, 0.6) is 0 Å². The lowest BCUT2D eigenvalue weighted by molar-refractivity contribution is -0.118. The van der Waals surface area contributed by atoms with Crippen LogP contribution in [-0.2, 0) is 11.2 Å². The van der Waals surface area contributed by atoms with Gasteiger partial charge in [-0.25, -0.2) is 0 Å². The maximum atomic E-state index is 12.6. The van der Waals surface area contributed by atoms with Crippen LogP contribution in [0.2, 0.25) is 0 Å². The van der Waals surface area contributed by atoms with Crippen molar-refractivity contribution in [1.82, 2.24) is 5.32 Å². The van der Waals surface area contributed by atoms with Gasteiger partial charge in [-0.05, 0) is 49.1 Å². The predicted molar refractivity (Wildman–Crippen MR) is 102 cm³/mol. The summed E-state index contributed by atoms with van der Waals surface area (Å²) in [6.45, 7) is 7.86. The molecule has 0 saturated heterocycles. The van der Waals surface area contributed by atoms with Crippen molar-refractivity contribution in [3.05, 3.63) is 65.2 Å². The van der Waals surface area contributed by atoms with E-state index in [2.05, 4.69) is 17.6 Å². The molecule has 2 aromatic rings. The molecule has 2 rings (SSSR count). The molecule has 0 aromatic heterocycles. The molecule has 2 amide bonds. The molecule has 2 aromatic carbocycles. The lowest BCUT2D eigenvalue weighted by atomic mass is 10.0. The van der Waals surface area contributed by atoms with Crippen LogP contribution in [0.3, 0.4) is 0 Å². The van der Waals surface area contributed by atoms with Crippen molar-refractivity contribution in [3.8, 4) is 0 Å². The van der Waals surface area contributed by atoms with Crippen LogP contribution in [0, 0.1) is 12.8 Å². The summed E-state index contributed by atoms with van der Waals surface area (Å²) in [5.74, 6) is -0.470. The molecule has 0 saturated carbocycles. The Labute approximate surface area is 149 Å². The molecule has 0 spiro atoms. The maximum absolute atomic E-state index is 12.6. The van der Waals surface area contributed by atoms with Gasteiger partial charge in [-0.15, -0.1) is 0 Å². The first-order valence-corrected chi connectivity index (χ1v) is 8.68. The molecule has 1 unspecified atom stereocenters. The van der Waals surface area contributed by atoms with Crippen molar-refractivity contribution < 1.29 is 9.59 Å². The van der Waals surface area contributed by atoms with E-state index in [9.17, 15) is 9.59 Å². The van der Waals surface area contributed by atoms with E-state index < -0.39 is 6.04 Å². The number of aryl methyl sites for hydroxylation is 2. The van der Waals surface area contributed by atoms with Gasteiger partial charge >= 0.3 is 0 Å². The number of hydrogen-bond donors (Lipinski definition) is 2. The van der Waals surface area contributed by atoms with Crippen LogP contribution < -0.4 is 10.6 Å². The number of hydrogen-bond acceptors (Lipinski definition) is 2. The molecule has 25 heavy (non-hydrogen) atoms. The number of benzene rings is 2. The fourth-order valence-corrected chi connectivity index (χ4v) is 2.59. The summed E-state index contributed by atoms with van der Waals surface area (Å²) in [5.41, 5.74) is 3.52. The van der Waals surface area contributed by atoms with Gasteiger partial charge in [0.25, 0.3) is 5.91 Å². The van der Waals surface area contributed by atoms with Crippen LogP contribution in [0.1, 0.15) is 42.3 Å². The van der Waals surface area contributed by atoms with E-state index in [1.807, 2.05) is 63.2 Å². The Morgan fingerprint density at radius 1 is 1.04 bits per heavy atom. The number of nitrogens with one attached hydrogen (secondary N) is 2. The van der Waals surface area contributed by atoms with Gasteiger partial charge in [0, 0.05) is 11.3 Å². The average Bonchev–Trinajstić information content (AvgIpc) is 2.59. The SMILES string of the molecule is CCc1ccc(NC(=O)C(NC(=O)c2cccc(C)c2)C(C)C)cc1. The Morgan fingerprint density at radius 3 is 2.28 bits per heavy atom. The van der Waals surface area contributed by atoms with Crippen molar-refractivity contribution in [1.29, 1.82) is 0 Å². The van der Waals surface area contributed by atoms with Crippen molar-refractivity contribution in [2.45, 2.75) is 40.2 Å². The lowest BCUT2D eigenvalue weighted by Gasteiger charge is -2.22. The van der Waals surface area contributed by atoms with Gasteiger partial charge in [0.1, 0.15) is 6.04 Å². The van der Waals surface area contributed by atoms with Gasteiger partial charge in [0.05, 0.1) is 0 Å². The Kier molecular flexibility index (Phi) is 6.34. The first kappa shape index (κ1) is 18.7. The summed E-state index contributed by atoms with van der Waals surface area (Å²) in [7, 11) is 0. The fraction of sp³-hybridized carbons (Fsp3) is 0.333. The molecule has 0 bridgehead atoms. The largest absolute Gasteiger partial charge is 0.340 e. The number of rotatable bonds is 6. The molecular weight excluding hydrogens is 312 g/mol. The third kappa shape index (κ3) is 5.18. The molecule has 0 aliphatic rings. The average molecular weight is 338 g/mol. The van der Waals surface area contributed by atoms with Crippen LogP contribution >= 0.6 is 0 Å². The van der Waals surface area contributed by atoms with E-state index in [-0.39, 0.29) is 17.7 Å². The third-order valence-electron chi connectivity index (χ3n) is 4.15. The van der Waals surface area contributed by atoms with E-state index in [4.69, 9.17) is 0 Å². The monoisotopic (exact) mass is 338 g/mol.